The van der Waals surface area contributed by atoms with Gasteiger partial charge in [-0.05, 0) is 12.1 Å². The number of amides is 1. The molecule has 1 aliphatic carbocycles. The number of carbonyl (C=O) groups is 1. The van der Waals surface area contributed by atoms with Gasteiger partial charge in [-0.1, -0.05) is 11.3 Å². The molecule has 2 saturated heterocycles. The summed E-state index contributed by atoms with van der Waals surface area (Å²) in [6, 6.07) is 8.48. The summed E-state index contributed by atoms with van der Waals surface area (Å²) >= 11 is 0. The molecule has 170 valence electrons. The molecule has 2 unspecified atom stereocenters. The number of ether oxygens (including phenoxy) is 2. The normalized spacial score (nSPS) is 30.3. The van der Waals surface area contributed by atoms with Gasteiger partial charge in [0.2, 0.25) is 0 Å². The SMILES string of the molecule is O=C1OCC[N@+]1(Cn1ccnn1)c1ccc(-c2ccc(C3(CO)C4COCC43)nc2)c(F)c1. The van der Waals surface area contributed by atoms with Crippen molar-refractivity contribution in [2.75, 3.05) is 33.0 Å². The van der Waals surface area contributed by atoms with E-state index in [9.17, 15) is 9.90 Å². The van der Waals surface area contributed by atoms with E-state index in [0.29, 0.717) is 48.4 Å². The van der Waals surface area contributed by atoms with E-state index < -0.39 is 11.9 Å². The van der Waals surface area contributed by atoms with Crippen molar-refractivity contribution in [3.63, 3.8) is 0 Å². The molecule has 2 aliphatic heterocycles. The lowest BCUT2D eigenvalue weighted by Gasteiger charge is -2.27. The molecule has 2 aromatic heterocycles. The second kappa shape index (κ2) is 7.41. The van der Waals surface area contributed by atoms with Gasteiger partial charge < -0.3 is 14.6 Å². The van der Waals surface area contributed by atoms with Gasteiger partial charge in [-0.2, -0.15) is 9.28 Å². The molecular formula is C23H23FN5O4+. The molecule has 0 spiro atoms. The standard InChI is InChI=1S/C23H23FN5O4/c24-20-9-16(29(7-8-33-22(29)31)14-28-6-5-26-27-28)2-3-17(20)15-1-4-21(25-10-15)23(13-30)18-11-32-12-19(18)23/h1-6,9-10,18-19,30H,7-8,11-14H2/q+1/t18?,19?,23?,29-/m0/s1. The van der Waals surface area contributed by atoms with Crippen molar-refractivity contribution in [3.05, 3.63) is 60.4 Å². The highest BCUT2D eigenvalue weighted by Gasteiger charge is 2.68. The van der Waals surface area contributed by atoms with Crippen LogP contribution in [0.2, 0.25) is 0 Å². The molecule has 3 fully saturated rings. The average Bonchev–Trinajstić information content (AvgIpc) is 3.36. The van der Waals surface area contributed by atoms with E-state index in [-0.39, 0.29) is 29.8 Å². The fourth-order valence-electron chi connectivity index (χ4n) is 5.49. The third kappa shape index (κ3) is 2.94. The van der Waals surface area contributed by atoms with E-state index in [1.807, 2.05) is 12.1 Å². The first-order chi connectivity index (χ1) is 16.1. The summed E-state index contributed by atoms with van der Waals surface area (Å²) in [4.78, 5) is 17.2. The van der Waals surface area contributed by atoms with E-state index in [1.54, 1.807) is 24.5 Å². The minimum Gasteiger partial charge on any atom is -0.414 e. The average molecular weight is 452 g/mol. The number of aliphatic hydroxyl groups is 1. The quantitative estimate of drug-likeness (QED) is 0.572. The molecule has 10 heteroatoms. The summed E-state index contributed by atoms with van der Waals surface area (Å²) < 4.78 is 27.3. The summed E-state index contributed by atoms with van der Waals surface area (Å²) in [6.45, 7) is 2.11. The third-order valence-corrected chi connectivity index (χ3v) is 7.46. The van der Waals surface area contributed by atoms with Crippen LogP contribution in [0.5, 0.6) is 0 Å². The highest BCUT2D eigenvalue weighted by molar-refractivity contribution is 5.84. The molecular weight excluding hydrogens is 429 g/mol. The number of carbonyl (C=O) groups excluding carboxylic acids is 1. The van der Waals surface area contributed by atoms with Gasteiger partial charge in [0.1, 0.15) is 24.7 Å². The maximum atomic E-state index is 15.3. The van der Waals surface area contributed by atoms with Gasteiger partial charge in [0.15, 0.2) is 6.67 Å². The zero-order valence-corrected chi connectivity index (χ0v) is 17.8. The number of quaternary nitrogens is 1. The summed E-state index contributed by atoms with van der Waals surface area (Å²) in [5.41, 5.74) is 1.99. The van der Waals surface area contributed by atoms with Gasteiger partial charge in [0, 0.05) is 52.4 Å². The van der Waals surface area contributed by atoms with Crippen LogP contribution in [-0.2, 0) is 21.6 Å². The Kier molecular flexibility index (Phi) is 4.58. The Bertz CT molecular complexity index is 1190. The Morgan fingerprint density at radius 1 is 1.24 bits per heavy atom. The maximum absolute atomic E-state index is 15.3. The topological polar surface area (TPSA) is 99.4 Å². The monoisotopic (exact) mass is 452 g/mol. The third-order valence-electron chi connectivity index (χ3n) is 7.46. The first-order valence-electron chi connectivity index (χ1n) is 10.9. The second-order valence-corrected chi connectivity index (χ2v) is 8.93. The van der Waals surface area contributed by atoms with Crippen LogP contribution in [0.1, 0.15) is 5.69 Å². The number of aliphatic hydroxyl groups excluding tert-OH is 1. The predicted octanol–water partition coefficient (Wildman–Crippen LogP) is 2.10. The van der Waals surface area contributed by atoms with Crippen LogP contribution < -0.4 is 4.48 Å². The molecule has 3 atom stereocenters. The highest BCUT2D eigenvalue weighted by Crippen LogP contribution is 2.62. The highest BCUT2D eigenvalue weighted by atomic mass is 19.1. The molecule has 6 rings (SSSR count). The van der Waals surface area contributed by atoms with E-state index in [2.05, 4.69) is 15.3 Å². The number of cyclic esters (lactones) is 1. The van der Waals surface area contributed by atoms with Crippen LogP contribution >= 0.6 is 0 Å². The molecule has 1 saturated carbocycles. The lowest BCUT2D eigenvalue weighted by Crippen LogP contribution is -2.51. The molecule has 1 aromatic carbocycles. The van der Waals surface area contributed by atoms with Gasteiger partial charge in [-0.25, -0.2) is 9.07 Å². The number of nitrogens with zero attached hydrogens (tertiary/aromatic N) is 5. The number of pyridine rings is 1. The van der Waals surface area contributed by atoms with E-state index in [4.69, 9.17) is 9.47 Å². The molecule has 1 N–H and O–H groups in total. The molecule has 0 radical (unpaired) electrons. The smallest absolute Gasteiger partial charge is 0.414 e. The van der Waals surface area contributed by atoms with Gasteiger partial charge in [-0.3, -0.25) is 4.98 Å². The van der Waals surface area contributed by atoms with Crippen molar-refractivity contribution in [3.8, 4) is 11.1 Å². The molecule has 33 heavy (non-hydrogen) atoms. The Balaban J connectivity index is 1.30. The van der Waals surface area contributed by atoms with Crippen molar-refractivity contribution in [1.82, 2.24) is 24.5 Å². The lowest BCUT2D eigenvalue weighted by molar-refractivity contribution is 0.118. The van der Waals surface area contributed by atoms with Gasteiger partial charge in [0.05, 0.1) is 32.2 Å². The number of aromatic nitrogens is 4. The molecule has 0 bridgehead atoms. The summed E-state index contributed by atoms with van der Waals surface area (Å²) in [5.74, 6) is 0.135. The van der Waals surface area contributed by atoms with Crippen molar-refractivity contribution >= 4 is 11.8 Å². The van der Waals surface area contributed by atoms with Crippen molar-refractivity contribution < 1.29 is 23.8 Å². The molecule has 9 nitrogen and oxygen atoms in total. The number of rotatable bonds is 6. The first-order valence-corrected chi connectivity index (χ1v) is 10.9. The fraction of sp³-hybridized carbons (Fsp3) is 0.391. The number of halogens is 1. The van der Waals surface area contributed by atoms with Crippen LogP contribution in [0.4, 0.5) is 14.9 Å². The zero-order valence-electron chi connectivity index (χ0n) is 17.8. The largest absolute Gasteiger partial charge is 0.523 e. The lowest BCUT2D eigenvalue weighted by atomic mass is 9.95. The Morgan fingerprint density at radius 2 is 2.09 bits per heavy atom. The van der Waals surface area contributed by atoms with E-state index in [1.165, 1.54) is 16.9 Å². The molecule has 3 aromatic rings. The van der Waals surface area contributed by atoms with Crippen molar-refractivity contribution in [1.29, 1.82) is 0 Å². The number of hydrogen-bond acceptors (Lipinski definition) is 7. The maximum Gasteiger partial charge on any atom is 0.523 e. The number of benzene rings is 1. The number of hydrogen-bond donors (Lipinski definition) is 1. The Hall–Kier alpha value is -3.21. The van der Waals surface area contributed by atoms with E-state index in [0.717, 1.165) is 5.69 Å². The molecule has 3 aliphatic rings. The summed E-state index contributed by atoms with van der Waals surface area (Å²) in [6.07, 6.45) is 4.38. The summed E-state index contributed by atoms with van der Waals surface area (Å²) in [7, 11) is 0. The van der Waals surface area contributed by atoms with Gasteiger partial charge in [-0.15, -0.1) is 5.10 Å². The Morgan fingerprint density at radius 3 is 2.70 bits per heavy atom. The first kappa shape index (κ1) is 20.4. The molecule has 1 amide bonds. The Labute approximate surface area is 189 Å². The van der Waals surface area contributed by atoms with Crippen LogP contribution in [0.15, 0.2) is 48.9 Å². The second-order valence-electron chi connectivity index (χ2n) is 8.93. The minimum atomic E-state index is -0.452. The van der Waals surface area contributed by atoms with Crippen LogP contribution in [0.25, 0.3) is 11.1 Å². The fourth-order valence-corrected chi connectivity index (χ4v) is 5.49. The van der Waals surface area contributed by atoms with Crippen LogP contribution in [0.3, 0.4) is 0 Å². The van der Waals surface area contributed by atoms with Crippen LogP contribution in [0, 0.1) is 17.7 Å². The summed E-state index contributed by atoms with van der Waals surface area (Å²) in [5, 5.41) is 17.7. The minimum absolute atomic E-state index is 0.0307. The zero-order chi connectivity index (χ0) is 22.6. The van der Waals surface area contributed by atoms with Crippen molar-refractivity contribution in [2.45, 2.75) is 12.1 Å². The van der Waals surface area contributed by atoms with E-state index >= 15 is 4.39 Å². The van der Waals surface area contributed by atoms with Crippen molar-refractivity contribution in [2.24, 2.45) is 11.8 Å². The molecule has 4 heterocycles. The number of fused-ring (bicyclic) bond motifs is 1. The van der Waals surface area contributed by atoms with Gasteiger partial charge in [0.25, 0.3) is 0 Å². The predicted molar refractivity (Wildman–Crippen MR) is 114 cm³/mol. The van der Waals surface area contributed by atoms with Gasteiger partial charge >= 0.3 is 6.09 Å². The van der Waals surface area contributed by atoms with Crippen LogP contribution in [-0.4, -0.2) is 64.1 Å².